The lowest BCUT2D eigenvalue weighted by Gasteiger charge is -2.43. The van der Waals surface area contributed by atoms with E-state index in [1.165, 1.54) is 0 Å². The van der Waals surface area contributed by atoms with Crippen LogP contribution in [0.4, 0.5) is 0 Å². The highest BCUT2D eigenvalue weighted by molar-refractivity contribution is 5.86. The maximum atomic E-state index is 12.2. The Morgan fingerprint density at radius 1 is 0.897 bits per heavy atom. The van der Waals surface area contributed by atoms with Gasteiger partial charge in [-0.3, -0.25) is 14.4 Å². The van der Waals surface area contributed by atoms with Crippen LogP contribution in [0.3, 0.4) is 0 Å². The Morgan fingerprint density at radius 3 is 1.97 bits per heavy atom. The summed E-state index contributed by atoms with van der Waals surface area (Å²) in [6, 6.07) is 0. The first-order chi connectivity index (χ1) is 13.2. The van der Waals surface area contributed by atoms with Crippen LogP contribution < -0.4 is 21.3 Å². The Kier molecular flexibility index (Phi) is 10.5. The number of amides is 3. The Hall–Kier alpha value is -1.96. The van der Waals surface area contributed by atoms with Crippen LogP contribution in [-0.4, -0.2) is 55.2 Å². The average molecular weight is 413 g/mol. The van der Waals surface area contributed by atoms with Crippen molar-refractivity contribution in [3.05, 3.63) is 0 Å². The molecule has 3 amide bonds. The molecule has 0 saturated carbocycles. The Bertz CT molecular complexity index is 587. The Balaban J connectivity index is 4.76. The molecular weight excluding hydrogens is 372 g/mol. The molecule has 0 spiro atoms. The zero-order valence-corrected chi connectivity index (χ0v) is 19.3. The summed E-state index contributed by atoms with van der Waals surface area (Å²) in [5.74, 6) is -0.828. The number of nitrogens with one attached hydrogen (secondary N) is 4. The lowest BCUT2D eigenvalue weighted by molar-refractivity contribution is -0.129. The molecule has 29 heavy (non-hydrogen) atoms. The summed E-state index contributed by atoms with van der Waals surface area (Å²) in [6.45, 7) is 13.4. The van der Waals surface area contributed by atoms with E-state index in [0.29, 0.717) is 12.8 Å². The van der Waals surface area contributed by atoms with Gasteiger partial charge in [0.15, 0.2) is 0 Å². The minimum atomic E-state index is -0.900. The van der Waals surface area contributed by atoms with Crippen molar-refractivity contribution in [2.24, 2.45) is 11.3 Å². The lowest BCUT2D eigenvalue weighted by Crippen LogP contribution is -2.56. The molecule has 0 radical (unpaired) electrons. The van der Waals surface area contributed by atoms with Crippen molar-refractivity contribution in [2.75, 3.05) is 20.1 Å². The molecule has 0 bridgehead atoms. The summed E-state index contributed by atoms with van der Waals surface area (Å²) in [7, 11) is 1.66. The molecule has 4 N–H and O–H groups in total. The monoisotopic (exact) mass is 412 g/mol. The molecule has 0 aromatic heterocycles. The highest BCUT2D eigenvalue weighted by atomic mass is 16.2. The normalized spacial score (nSPS) is 14.1. The quantitative estimate of drug-likeness (QED) is 0.339. The number of hydrogen-bond donors (Lipinski definition) is 4. The van der Waals surface area contributed by atoms with E-state index in [9.17, 15) is 19.2 Å². The van der Waals surface area contributed by atoms with Crippen molar-refractivity contribution >= 4 is 24.0 Å². The van der Waals surface area contributed by atoms with Crippen LogP contribution in [-0.2, 0) is 19.2 Å². The SMILES string of the molecule is CNCC(=O)NCC(=O)NC(C)(C)C(C)(C)CCC[C@](C)(C=O)NC(=O)C(C)C. The standard InChI is InChI=1S/C21H40N4O4/c1-15(2)18(29)25-21(7,14-26)11-9-10-19(3,4)20(5,6)24-17(28)13-23-16(27)12-22-8/h14-15,22H,9-13H2,1-8H3,(H,23,27)(H,24,28)(H,25,29)/t21-/m1/s1. The molecule has 1 atom stereocenters. The van der Waals surface area contributed by atoms with Crippen molar-refractivity contribution in [3.8, 4) is 0 Å². The van der Waals surface area contributed by atoms with Crippen molar-refractivity contribution in [2.45, 2.75) is 78.8 Å². The topological polar surface area (TPSA) is 116 Å². The molecule has 0 heterocycles. The molecule has 0 fully saturated rings. The molecule has 0 aliphatic carbocycles. The third-order valence-electron chi connectivity index (χ3n) is 5.62. The molecule has 0 rings (SSSR count). The van der Waals surface area contributed by atoms with E-state index in [4.69, 9.17) is 0 Å². The third-order valence-corrected chi connectivity index (χ3v) is 5.62. The van der Waals surface area contributed by atoms with Gasteiger partial charge in [-0.05, 0) is 46.1 Å². The van der Waals surface area contributed by atoms with E-state index in [1.807, 2.05) is 13.8 Å². The zero-order chi connectivity index (χ0) is 22.9. The highest BCUT2D eigenvalue weighted by Crippen LogP contribution is 2.36. The Morgan fingerprint density at radius 2 is 1.48 bits per heavy atom. The number of rotatable bonds is 13. The van der Waals surface area contributed by atoms with E-state index in [0.717, 1.165) is 12.7 Å². The smallest absolute Gasteiger partial charge is 0.239 e. The van der Waals surface area contributed by atoms with Gasteiger partial charge in [-0.2, -0.15) is 0 Å². The van der Waals surface area contributed by atoms with E-state index < -0.39 is 11.1 Å². The lowest BCUT2D eigenvalue weighted by atomic mass is 9.70. The van der Waals surface area contributed by atoms with Crippen LogP contribution >= 0.6 is 0 Å². The molecule has 168 valence electrons. The van der Waals surface area contributed by atoms with Crippen molar-refractivity contribution in [1.29, 1.82) is 0 Å². The van der Waals surface area contributed by atoms with E-state index in [-0.39, 0.29) is 42.1 Å². The average Bonchev–Trinajstić information content (AvgIpc) is 2.59. The largest absolute Gasteiger partial charge is 0.349 e. The maximum Gasteiger partial charge on any atom is 0.239 e. The van der Waals surface area contributed by atoms with Gasteiger partial charge in [0.25, 0.3) is 0 Å². The highest BCUT2D eigenvalue weighted by Gasteiger charge is 2.38. The molecule has 8 nitrogen and oxygen atoms in total. The summed E-state index contributed by atoms with van der Waals surface area (Å²) >= 11 is 0. The van der Waals surface area contributed by atoms with Crippen LogP contribution in [0.2, 0.25) is 0 Å². The van der Waals surface area contributed by atoms with Gasteiger partial charge >= 0.3 is 0 Å². The van der Waals surface area contributed by atoms with Gasteiger partial charge in [0.1, 0.15) is 6.29 Å². The first-order valence-corrected chi connectivity index (χ1v) is 10.2. The van der Waals surface area contributed by atoms with Gasteiger partial charge in [0.05, 0.1) is 18.6 Å². The van der Waals surface area contributed by atoms with E-state index in [1.54, 1.807) is 27.8 Å². The van der Waals surface area contributed by atoms with E-state index in [2.05, 4.69) is 35.1 Å². The van der Waals surface area contributed by atoms with Crippen LogP contribution in [0, 0.1) is 11.3 Å². The van der Waals surface area contributed by atoms with Crippen molar-refractivity contribution < 1.29 is 19.2 Å². The fraction of sp³-hybridized carbons (Fsp3) is 0.810. The number of aldehydes is 1. The molecule has 0 aromatic rings. The fourth-order valence-corrected chi connectivity index (χ4v) is 2.75. The van der Waals surface area contributed by atoms with E-state index >= 15 is 0 Å². The number of carbonyl (C=O) groups is 4. The second-order valence-electron chi connectivity index (χ2n) is 9.40. The van der Waals surface area contributed by atoms with Crippen molar-refractivity contribution in [1.82, 2.24) is 21.3 Å². The second-order valence-corrected chi connectivity index (χ2v) is 9.40. The first-order valence-electron chi connectivity index (χ1n) is 10.2. The van der Waals surface area contributed by atoms with Crippen LogP contribution in [0.25, 0.3) is 0 Å². The molecular formula is C21H40N4O4. The van der Waals surface area contributed by atoms with Crippen molar-refractivity contribution in [3.63, 3.8) is 0 Å². The number of likely N-dealkylation sites (N-methyl/N-ethyl adjacent to an activating group) is 1. The minimum absolute atomic E-state index is 0.0789. The molecule has 8 heteroatoms. The number of hydrogen-bond acceptors (Lipinski definition) is 5. The van der Waals surface area contributed by atoms with Gasteiger partial charge in [-0.15, -0.1) is 0 Å². The van der Waals surface area contributed by atoms with Gasteiger partial charge in [-0.1, -0.05) is 34.1 Å². The maximum absolute atomic E-state index is 12.2. The molecule has 0 aliphatic heterocycles. The summed E-state index contributed by atoms with van der Waals surface area (Å²) in [5, 5.41) is 11.1. The van der Waals surface area contributed by atoms with Gasteiger partial charge < -0.3 is 26.1 Å². The first kappa shape index (κ1) is 27.0. The molecule has 0 saturated heterocycles. The summed E-state index contributed by atoms with van der Waals surface area (Å²) in [5.41, 5.74) is -1.71. The predicted octanol–water partition coefficient (Wildman–Crippen LogP) is 1.14. The predicted molar refractivity (Wildman–Crippen MR) is 114 cm³/mol. The number of carbonyl (C=O) groups excluding carboxylic acids is 4. The third kappa shape index (κ3) is 9.39. The summed E-state index contributed by atoms with van der Waals surface area (Å²) in [4.78, 5) is 47.2. The van der Waals surface area contributed by atoms with Crippen LogP contribution in [0.15, 0.2) is 0 Å². The fourth-order valence-electron chi connectivity index (χ4n) is 2.75. The second kappa shape index (κ2) is 11.3. The molecule has 0 aliphatic rings. The molecule has 0 unspecified atom stereocenters. The molecule has 0 aromatic carbocycles. The Labute approximate surface area is 175 Å². The van der Waals surface area contributed by atoms with Gasteiger partial charge in [0, 0.05) is 11.5 Å². The summed E-state index contributed by atoms with van der Waals surface area (Å²) in [6.07, 6.45) is 2.76. The van der Waals surface area contributed by atoms with Crippen LogP contribution in [0.5, 0.6) is 0 Å². The van der Waals surface area contributed by atoms with Gasteiger partial charge in [0.2, 0.25) is 17.7 Å². The zero-order valence-electron chi connectivity index (χ0n) is 19.3. The van der Waals surface area contributed by atoms with Crippen LogP contribution in [0.1, 0.15) is 67.7 Å². The minimum Gasteiger partial charge on any atom is -0.349 e. The van der Waals surface area contributed by atoms with Gasteiger partial charge in [-0.25, -0.2) is 0 Å². The summed E-state index contributed by atoms with van der Waals surface area (Å²) < 4.78 is 0.